The fourth-order valence-electron chi connectivity index (χ4n) is 1.15. The summed E-state index contributed by atoms with van der Waals surface area (Å²) >= 11 is 0. The first-order valence-electron chi connectivity index (χ1n) is 4.33. The molecule has 1 aromatic rings. The van der Waals surface area contributed by atoms with Crippen LogP contribution in [0.25, 0.3) is 0 Å². The highest BCUT2D eigenvalue weighted by atomic mass is 19.1. The highest BCUT2D eigenvalue weighted by Crippen LogP contribution is 2.11. The van der Waals surface area contributed by atoms with Gasteiger partial charge in [-0.3, -0.25) is 0 Å². The Morgan fingerprint density at radius 1 is 1.38 bits per heavy atom. The summed E-state index contributed by atoms with van der Waals surface area (Å²) in [5.41, 5.74) is 1.02. The molecule has 1 aromatic carbocycles. The summed E-state index contributed by atoms with van der Waals surface area (Å²) in [4.78, 5) is 0. The van der Waals surface area contributed by atoms with Crippen LogP contribution in [0.2, 0.25) is 0 Å². The van der Waals surface area contributed by atoms with Gasteiger partial charge in [0.2, 0.25) is 0 Å². The number of rotatable bonds is 4. The number of aliphatic hydroxyl groups excluding tert-OH is 1. The lowest BCUT2D eigenvalue weighted by atomic mass is 10.1. The van der Waals surface area contributed by atoms with E-state index in [1.807, 2.05) is 6.92 Å². The molecule has 3 heteroatoms. The normalized spacial score (nSPS) is 12.8. The van der Waals surface area contributed by atoms with Gasteiger partial charge in [-0.2, -0.15) is 0 Å². The van der Waals surface area contributed by atoms with Crippen molar-refractivity contribution in [3.05, 3.63) is 35.6 Å². The molecule has 0 radical (unpaired) electrons. The van der Waals surface area contributed by atoms with Gasteiger partial charge in [0.1, 0.15) is 5.82 Å². The largest absolute Gasteiger partial charge is 0.395 e. The zero-order valence-electron chi connectivity index (χ0n) is 7.63. The van der Waals surface area contributed by atoms with Crippen molar-refractivity contribution >= 4 is 0 Å². The Balaban J connectivity index is 2.55. The molecule has 0 saturated carbocycles. The molecule has 0 amide bonds. The van der Waals surface area contributed by atoms with Gasteiger partial charge in [-0.25, -0.2) is 4.39 Å². The van der Waals surface area contributed by atoms with Crippen LogP contribution in [0.15, 0.2) is 24.3 Å². The standard InChI is InChI=1S/C10H14FNO/c1-8(12-6-7-13)9-2-4-10(11)5-3-9/h2-5,8,12-13H,6-7H2,1H3. The van der Waals surface area contributed by atoms with Gasteiger partial charge in [-0.15, -0.1) is 0 Å². The average Bonchev–Trinajstić information content (AvgIpc) is 2.15. The van der Waals surface area contributed by atoms with E-state index in [-0.39, 0.29) is 18.5 Å². The van der Waals surface area contributed by atoms with Crippen LogP contribution < -0.4 is 5.32 Å². The second kappa shape index (κ2) is 4.94. The number of benzene rings is 1. The molecule has 2 N–H and O–H groups in total. The summed E-state index contributed by atoms with van der Waals surface area (Å²) in [6.45, 7) is 2.65. The Morgan fingerprint density at radius 3 is 2.54 bits per heavy atom. The lowest BCUT2D eigenvalue weighted by Crippen LogP contribution is -2.21. The van der Waals surface area contributed by atoms with Gasteiger partial charge in [-0.1, -0.05) is 12.1 Å². The smallest absolute Gasteiger partial charge is 0.123 e. The summed E-state index contributed by atoms with van der Waals surface area (Å²) in [5, 5.41) is 11.7. The van der Waals surface area contributed by atoms with E-state index in [9.17, 15) is 4.39 Å². The maximum Gasteiger partial charge on any atom is 0.123 e. The minimum atomic E-state index is -0.224. The Morgan fingerprint density at radius 2 is 2.00 bits per heavy atom. The Bertz CT molecular complexity index is 248. The van der Waals surface area contributed by atoms with Crippen molar-refractivity contribution in [3.8, 4) is 0 Å². The SMILES string of the molecule is CC(NCCO)c1ccc(F)cc1. The maximum atomic E-state index is 12.5. The molecule has 0 spiro atoms. The zero-order chi connectivity index (χ0) is 9.68. The fraction of sp³-hybridized carbons (Fsp3) is 0.400. The first-order chi connectivity index (χ1) is 6.24. The molecule has 0 bridgehead atoms. The topological polar surface area (TPSA) is 32.3 Å². The van der Waals surface area contributed by atoms with Crippen LogP contribution >= 0.6 is 0 Å². The van der Waals surface area contributed by atoms with Gasteiger partial charge in [0, 0.05) is 12.6 Å². The number of halogens is 1. The van der Waals surface area contributed by atoms with E-state index < -0.39 is 0 Å². The number of hydrogen-bond acceptors (Lipinski definition) is 2. The van der Waals surface area contributed by atoms with Crippen molar-refractivity contribution in [2.45, 2.75) is 13.0 Å². The third-order valence-electron chi connectivity index (χ3n) is 1.93. The van der Waals surface area contributed by atoms with E-state index in [0.29, 0.717) is 6.54 Å². The fourth-order valence-corrected chi connectivity index (χ4v) is 1.15. The van der Waals surface area contributed by atoms with E-state index in [2.05, 4.69) is 5.32 Å². The third kappa shape index (κ3) is 3.13. The molecule has 1 unspecified atom stereocenters. The lowest BCUT2D eigenvalue weighted by molar-refractivity contribution is 0.286. The van der Waals surface area contributed by atoms with Crippen molar-refractivity contribution < 1.29 is 9.50 Å². The molecule has 0 aromatic heterocycles. The summed E-state index contributed by atoms with van der Waals surface area (Å²) in [6, 6.07) is 6.50. The van der Waals surface area contributed by atoms with Gasteiger partial charge >= 0.3 is 0 Å². The van der Waals surface area contributed by atoms with Crippen molar-refractivity contribution in [1.82, 2.24) is 5.32 Å². The first-order valence-corrected chi connectivity index (χ1v) is 4.33. The number of nitrogens with one attached hydrogen (secondary N) is 1. The average molecular weight is 183 g/mol. The molecule has 0 saturated heterocycles. The predicted octanol–water partition coefficient (Wildman–Crippen LogP) is 1.47. The van der Waals surface area contributed by atoms with Crippen LogP contribution in [0.1, 0.15) is 18.5 Å². The molecule has 0 aliphatic heterocycles. The monoisotopic (exact) mass is 183 g/mol. The third-order valence-corrected chi connectivity index (χ3v) is 1.93. The molecule has 0 fully saturated rings. The van der Waals surface area contributed by atoms with Crippen LogP contribution in [0, 0.1) is 5.82 Å². The molecular formula is C10H14FNO. The van der Waals surface area contributed by atoms with Crippen LogP contribution in [-0.2, 0) is 0 Å². The zero-order valence-corrected chi connectivity index (χ0v) is 7.63. The minimum absolute atomic E-state index is 0.117. The van der Waals surface area contributed by atoms with E-state index >= 15 is 0 Å². The molecule has 0 aliphatic rings. The van der Waals surface area contributed by atoms with Crippen LogP contribution in [0.5, 0.6) is 0 Å². The minimum Gasteiger partial charge on any atom is -0.395 e. The van der Waals surface area contributed by atoms with E-state index in [0.717, 1.165) is 5.56 Å². The summed E-state index contributed by atoms with van der Waals surface area (Å²) in [6.07, 6.45) is 0. The molecule has 1 atom stereocenters. The van der Waals surface area contributed by atoms with Gasteiger partial charge < -0.3 is 10.4 Å². The Hall–Kier alpha value is -0.930. The van der Waals surface area contributed by atoms with Crippen molar-refractivity contribution in [2.24, 2.45) is 0 Å². The van der Waals surface area contributed by atoms with Gasteiger partial charge in [-0.05, 0) is 24.6 Å². The quantitative estimate of drug-likeness (QED) is 0.740. The van der Waals surface area contributed by atoms with E-state index in [4.69, 9.17) is 5.11 Å². The summed E-state index contributed by atoms with van der Waals surface area (Å²) in [7, 11) is 0. The molecule has 0 aliphatic carbocycles. The molecule has 1 rings (SSSR count). The van der Waals surface area contributed by atoms with Crippen LogP contribution in [0.4, 0.5) is 4.39 Å². The summed E-state index contributed by atoms with van der Waals surface area (Å²) < 4.78 is 12.5. The van der Waals surface area contributed by atoms with Crippen molar-refractivity contribution in [2.75, 3.05) is 13.2 Å². The van der Waals surface area contributed by atoms with Crippen LogP contribution in [-0.4, -0.2) is 18.3 Å². The van der Waals surface area contributed by atoms with E-state index in [1.54, 1.807) is 12.1 Å². The number of aliphatic hydroxyl groups is 1. The van der Waals surface area contributed by atoms with Gasteiger partial charge in [0.15, 0.2) is 0 Å². The second-order valence-corrected chi connectivity index (χ2v) is 2.95. The Labute approximate surface area is 77.4 Å². The maximum absolute atomic E-state index is 12.5. The summed E-state index contributed by atoms with van der Waals surface area (Å²) in [5.74, 6) is -0.224. The van der Waals surface area contributed by atoms with Crippen molar-refractivity contribution in [3.63, 3.8) is 0 Å². The first kappa shape index (κ1) is 10.2. The predicted molar refractivity (Wildman–Crippen MR) is 49.9 cm³/mol. The lowest BCUT2D eigenvalue weighted by Gasteiger charge is -2.12. The molecular weight excluding hydrogens is 169 g/mol. The highest BCUT2D eigenvalue weighted by molar-refractivity contribution is 5.19. The van der Waals surface area contributed by atoms with Crippen LogP contribution in [0.3, 0.4) is 0 Å². The number of hydrogen-bond donors (Lipinski definition) is 2. The van der Waals surface area contributed by atoms with E-state index in [1.165, 1.54) is 12.1 Å². The Kier molecular flexibility index (Phi) is 3.86. The molecule has 72 valence electrons. The van der Waals surface area contributed by atoms with Gasteiger partial charge in [0.25, 0.3) is 0 Å². The molecule has 0 heterocycles. The molecule has 2 nitrogen and oxygen atoms in total. The second-order valence-electron chi connectivity index (χ2n) is 2.95. The van der Waals surface area contributed by atoms with Crippen molar-refractivity contribution in [1.29, 1.82) is 0 Å². The molecule has 13 heavy (non-hydrogen) atoms. The highest BCUT2D eigenvalue weighted by Gasteiger charge is 2.02. The van der Waals surface area contributed by atoms with Gasteiger partial charge in [0.05, 0.1) is 6.61 Å².